The highest BCUT2D eigenvalue weighted by Crippen LogP contribution is 2.20. The lowest BCUT2D eigenvalue weighted by molar-refractivity contribution is 0.0744. The van der Waals surface area contributed by atoms with Gasteiger partial charge in [-0.05, 0) is 52.0 Å². The van der Waals surface area contributed by atoms with Crippen LogP contribution in [0.4, 0.5) is 0 Å². The summed E-state index contributed by atoms with van der Waals surface area (Å²) in [5.41, 5.74) is 1.68. The van der Waals surface area contributed by atoms with Crippen LogP contribution in [0.25, 0.3) is 0 Å². The number of nitrogens with zero attached hydrogens (tertiary/aromatic N) is 1. The Labute approximate surface area is 147 Å². The molecule has 3 aromatic rings. The molecule has 2 aromatic heterocycles. The number of halogens is 1. The van der Waals surface area contributed by atoms with E-state index < -0.39 is 0 Å². The molecule has 0 fully saturated rings. The van der Waals surface area contributed by atoms with Crippen LogP contribution in [0.5, 0.6) is 0 Å². The molecular formula is C18H16BrNO2S. The summed E-state index contributed by atoms with van der Waals surface area (Å²) in [5.74, 6) is 0.0234. The summed E-state index contributed by atoms with van der Waals surface area (Å²) in [6, 6.07) is 13.6. The van der Waals surface area contributed by atoms with E-state index in [0.29, 0.717) is 18.7 Å². The molecule has 118 valence electrons. The molecule has 0 aliphatic heterocycles. The molecule has 0 saturated carbocycles. The molecule has 0 saturated heterocycles. The Hall–Kier alpha value is -1.85. The van der Waals surface area contributed by atoms with Crippen molar-refractivity contribution in [2.24, 2.45) is 0 Å². The normalized spacial score (nSPS) is 10.7. The van der Waals surface area contributed by atoms with Gasteiger partial charge in [-0.1, -0.05) is 18.2 Å². The molecule has 0 spiro atoms. The third-order valence-electron chi connectivity index (χ3n) is 3.55. The van der Waals surface area contributed by atoms with E-state index in [4.69, 9.17) is 4.42 Å². The predicted octanol–water partition coefficient (Wildman–Crippen LogP) is 4.99. The number of thiophene rings is 1. The smallest absolute Gasteiger partial charge is 0.255 e. The van der Waals surface area contributed by atoms with Gasteiger partial charge in [-0.25, -0.2) is 0 Å². The Kier molecular flexibility index (Phi) is 5.31. The highest BCUT2D eigenvalue weighted by molar-refractivity contribution is 9.10. The average molecular weight is 390 g/mol. The molecule has 3 rings (SSSR count). The highest BCUT2D eigenvalue weighted by Gasteiger charge is 2.18. The molecule has 23 heavy (non-hydrogen) atoms. The number of hydrogen-bond donors (Lipinski definition) is 0. The first-order valence-corrected chi connectivity index (χ1v) is 8.98. The Bertz CT molecular complexity index is 753. The zero-order valence-electron chi connectivity index (χ0n) is 12.4. The van der Waals surface area contributed by atoms with Crippen LogP contribution in [0.3, 0.4) is 0 Å². The first-order chi connectivity index (χ1) is 11.2. The Balaban J connectivity index is 1.78. The minimum atomic E-state index is 0.0234. The van der Waals surface area contributed by atoms with Gasteiger partial charge < -0.3 is 9.32 Å². The maximum atomic E-state index is 12.9. The summed E-state index contributed by atoms with van der Waals surface area (Å²) in [6.07, 6.45) is 4.17. The van der Waals surface area contributed by atoms with Crippen LogP contribution in [0.2, 0.25) is 0 Å². The van der Waals surface area contributed by atoms with Gasteiger partial charge in [-0.15, -0.1) is 11.3 Å². The standard InChI is InChI=1S/C18H16BrNO2S/c19-17-6-2-1-5-16(17)18(21)20(12-14-8-10-22-13-14)9-7-15-4-3-11-23-15/h1-6,8,10-11,13H,7,9,12H2. The number of furan rings is 1. The number of carbonyl (C=O) groups is 1. The van der Waals surface area contributed by atoms with Gasteiger partial charge in [0.2, 0.25) is 0 Å². The van der Waals surface area contributed by atoms with Crippen molar-refractivity contribution < 1.29 is 9.21 Å². The molecule has 0 N–H and O–H groups in total. The van der Waals surface area contributed by atoms with Crippen molar-refractivity contribution in [3.05, 3.63) is 80.8 Å². The van der Waals surface area contributed by atoms with Gasteiger partial charge in [0, 0.05) is 28.0 Å². The molecule has 0 aliphatic carbocycles. The maximum absolute atomic E-state index is 12.9. The molecular weight excluding hydrogens is 374 g/mol. The van der Waals surface area contributed by atoms with Gasteiger partial charge in [0.05, 0.1) is 18.1 Å². The molecule has 3 nitrogen and oxygen atoms in total. The van der Waals surface area contributed by atoms with Crippen LogP contribution in [-0.4, -0.2) is 17.4 Å². The fraction of sp³-hybridized carbons (Fsp3) is 0.167. The van der Waals surface area contributed by atoms with Crippen molar-refractivity contribution in [2.75, 3.05) is 6.54 Å². The number of amides is 1. The van der Waals surface area contributed by atoms with Gasteiger partial charge in [-0.3, -0.25) is 4.79 Å². The summed E-state index contributed by atoms with van der Waals surface area (Å²) < 4.78 is 5.95. The topological polar surface area (TPSA) is 33.5 Å². The van der Waals surface area contributed by atoms with E-state index in [1.807, 2.05) is 41.3 Å². The van der Waals surface area contributed by atoms with Crippen molar-refractivity contribution in [3.8, 4) is 0 Å². The zero-order valence-corrected chi connectivity index (χ0v) is 14.8. The number of rotatable bonds is 6. The maximum Gasteiger partial charge on any atom is 0.255 e. The van der Waals surface area contributed by atoms with Gasteiger partial charge in [0.1, 0.15) is 0 Å². The summed E-state index contributed by atoms with van der Waals surface area (Å²) in [6.45, 7) is 1.22. The van der Waals surface area contributed by atoms with Crippen molar-refractivity contribution in [3.63, 3.8) is 0 Å². The molecule has 1 aromatic carbocycles. The van der Waals surface area contributed by atoms with Gasteiger partial charge in [0.15, 0.2) is 0 Å². The quantitative estimate of drug-likeness (QED) is 0.594. The van der Waals surface area contributed by atoms with Crippen LogP contribution in [0.1, 0.15) is 20.8 Å². The van der Waals surface area contributed by atoms with Crippen LogP contribution < -0.4 is 0 Å². The molecule has 5 heteroatoms. The van der Waals surface area contributed by atoms with Gasteiger partial charge in [-0.2, -0.15) is 0 Å². The van der Waals surface area contributed by atoms with Crippen molar-refractivity contribution >= 4 is 33.2 Å². The molecule has 0 unspecified atom stereocenters. The van der Waals surface area contributed by atoms with E-state index >= 15 is 0 Å². The van der Waals surface area contributed by atoms with E-state index in [-0.39, 0.29) is 5.91 Å². The minimum Gasteiger partial charge on any atom is -0.472 e. The fourth-order valence-corrected chi connectivity index (χ4v) is 3.51. The SMILES string of the molecule is O=C(c1ccccc1Br)N(CCc1cccs1)Cc1ccoc1. The van der Waals surface area contributed by atoms with Crippen LogP contribution >= 0.6 is 27.3 Å². The van der Waals surface area contributed by atoms with Gasteiger partial charge >= 0.3 is 0 Å². The summed E-state index contributed by atoms with van der Waals surface area (Å²) >= 11 is 5.19. The van der Waals surface area contributed by atoms with E-state index in [1.54, 1.807) is 23.9 Å². The summed E-state index contributed by atoms with van der Waals surface area (Å²) in [4.78, 5) is 16.1. The van der Waals surface area contributed by atoms with Crippen molar-refractivity contribution in [1.82, 2.24) is 4.90 Å². The molecule has 0 bridgehead atoms. The summed E-state index contributed by atoms with van der Waals surface area (Å²) in [5, 5.41) is 2.06. The summed E-state index contributed by atoms with van der Waals surface area (Å²) in [7, 11) is 0. The number of benzene rings is 1. The molecule has 0 radical (unpaired) electrons. The van der Waals surface area contributed by atoms with Gasteiger partial charge in [0.25, 0.3) is 5.91 Å². The van der Waals surface area contributed by atoms with Crippen molar-refractivity contribution in [2.45, 2.75) is 13.0 Å². The number of carbonyl (C=O) groups excluding carboxylic acids is 1. The molecule has 1 amide bonds. The Morgan fingerprint density at radius 3 is 2.74 bits per heavy atom. The van der Waals surface area contributed by atoms with E-state index in [2.05, 4.69) is 27.4 Å². The average Bonchev–Trinajstić information content (AvgIpc) is 3.25. The third-order valence-corrected chi connectivity index (χ3v) is 5.18. The second kappa shape index (κ2) is 7.62. The third kappa shape index (κ3) is 4.12. The first kappa shape index (κ1) is 16.0. The van der Waals surface area contributed by atoms with E-state index in [1.165, 1.54) is 4.88 Å². The lowest BCUT2D eigenvalue weighted by Gasteiger charge is -2.22. The first-order valence-electron chi connectivity index (χ1n) is 7.31. The highest BCUT2D eigenvalue weighted by atomic mass is 79.9. The largest absolute Gasteiger partial charge is 0.472 e. The number of hydrogen-bond acceptors (Lipinski definition) is 3. The molecule has 0 atom stereocenters. The molecule has 2 heterocycles. The fourth-order valence-electron chi connectivity index (χ4n) is 2.36. The second-order valence-corrected chi connectivity index (χ2v) is 7.05. The van der Waals surface area contributed by atoms with Crippen LogP contribution in [0.15, 0.2) is 69.3 Å². The lowest BCUT2D eigenvalue weighted by Crippen LogP contribution is -2.32. The second-order valence-electron chi connectivity index (χ2n) is 5.17. The van der Waals surface area contributed by atoms with E-state index in [0.717, 1.165) is 16.5 Å². The van der Waals surface area contributed by atoms with Crippen LogP contribution in [-0.2, 0) is 13.0 Å². The van der Waals surface area contributed by atoms with Crippen molar-refractivity contribution in [1.29, 1.82) is 0 Å². The Morgan fingerprint density at radius 2 is 2.04 bits per heavy atom. The predicted molar refractivity (Wildman–Crippen MR) is 95.6 cm³/mol. The monoisotopic (exact) mass is 389 g/mol. The van der Waals surface area contributed by atoms with E-state index in [9.17, 15) is 4.79 Å². The minimum absolute atomic E-state index is 0.0234. The molecule has 0 aliphatic rings. The Morgan fingerprint density at radius 1 is 1.17 bits per heavy atom. The zero-order chi connectivity index (χ0) is 16.1. The van der Waals surface area contributed by atoms with Crippen LogP contribution in [0, 0.1) is 0 Å². The lowest BCUT2D eigenvalue weighted by atomic mass is 10.1.